The number of ether oxygens (including phenoxy) is 1. The number of oxime groups is 1. The van der Waals surface area contributed by atoms with Gasteiger partial charge in [-0.3, -0.25) is 4.99 Å². The molecule has 0 spiro atoms. The van der Waals surface area contributed by atoms with Crippen LogP contribution >= 0.6 is 0 Å². The molecule has 0 unspecified atom stereocenters. The molecule has 0 saturated carbocycles. The van der Waals surface area contributed by atoms with Gasteiger partial charge in [0.2, 0.25) is 0 Å². The van der Waals surface area contributed by atoms with Gasteiger partial charge in [0.15, 0.2) is 11.5 Å². The highest BCUT2D eigenvalue weighted by atomic mass is 16.6. The minimum absolute atomic E-state index is 0.454. The fourth-order valence-electron chi connectivity index (χ4n) is 2.86. The molecule has 0 aliphatic carbocycles. The lowest BCUT2D eigenvalue weighted by Crippen LogP contribution is -2.29. The molecule has 25 heavy (non-hydrogen) atoms. The molecule has 2 aromatic rings. The van der Waals surface area contributed by atoms with Gasteiger partial charge in [0.05, 0.1) is 6.54 Å². The zero-order valence-corrected chi connectivity index (χ0v) is 14.9. The molecule has 5 heteroatoms. The van der Waals surface area contributed by atoms with E-state index < -0.39 is 0 Å². The maximum absolute atomic E-state index is 6.05. The Morgan fingerprint density at radius 1 is 1.20 bits per heavy atom. The van der Waals surface area contributed by atoms with E-state index in [2.05, 4.69) is 41.4 Å². The van der Waals surface area contributed by atoms with Crippen LogP contribution in [0, 0.1) is 13.8 Å². The molecule has 0 saturated heterocycles. The Balaban J connectivity index is 1.86. The highest BCUT2D eigenvalue weighted by Crippen LogP contribution is 2.21. The summed E-state index contributed by atoms with van der Waals surface area (Å²) in [6.45, 7) is 6.16. The van der Waals surface area contributed by atoms with Gasteiger partial charge in [-0.2, -0.15) is 0 Å². The van der Waals surface area contributed by atoms with Gasteiger partial charge in [-0.05, 0) is 31.0 Å². The van der Waals surface area contributed by atoms with E-state index >= 15 is 0 Å². The molecular weight excluding hydrogens is 314 g/mol. The first kappa shape index (κ1) is 17.0. The predicted octanol–water partition coefficient (Wildman–Crippen LogP) is 3.23. The zero-order valence-electron chi connectivity index (χ0n) is 14.9. The molecular formula is C20H23N3O2. The third-order valence-corrected chi connectivity index (χ3v) is 4.07. The van der Waals surface area contributed by atoms with Gasteiger partial charge < -0.3 is 14.9 Å². The highest BCUT2D eigenvalue weighted by molar-refractivity contribution is 6.48. The molecule has 130 valence electrons. The van der Waals surface area contributed by atoms with E-state index in [0.29, 0.717) is 12.3 Å². The standard InChI is InChI=1S/C20H23N3O2/c1-14-8-9-18(15(2)12-14)25-13-16-6-4-5-7-17(16)19(23-24-3)20-21-10-11-22-20/h4-9,12H,10-11,13H2,1-3H3,(H,21,22). The first-order valence-corrected chi connectivity index (χ1v) is 8.37. The van der Waals surface area contributed by atoms with Gasteiger partial charge in [0.25, 0.3) is 0 Å². The summed E-state index contributed by atoms with van der Waals surface area (Å²) in [4.78, 5) is 9.52. The summed E-state index contributed by atoms with van der Waals surface area (Å²) >= 11 is 0. The van der Waals surface area contributed by atoms with Crippen molar-refractivity contribution in [1.29, 1.82) is 0 Å². The molecule has 1 heterocycles. The average molecular weight is 337 g/mol. The number of hydrogen-bond acceptors (Lipinski definition) is 5. The first-order valence-electron chi connectivity index (χ1n) is 8.37. The van der Waals surface area contributed by atoms with Gasteiger partial charge in [0.1, 0.15) is 19.5 Å². The molecule has 0 aromatic heterocycles. The summed E-state index contributed by atoms with van der Waals surface area (Å²) in [5.74, 6) is 1.66. The van der Waals surface area contributed by atoms with Crippen LogP contribution in [0.2, 0.25) is 0 Å². The monoisotopic (exact) mass is 337 g/mol. The van der Waals surface area contributed by atoms with E-state index in [1.807, 2.05) is 30.3 Å². The van der Waals surface area contributed by atoms with E-state index in [0.717, 1.165) is 41.4 Å². The molecule has 5 nitrogen and oxygen atoms in total. The van der Waals surface area contributed by atoms with Crippen LogP contribution in [0.25, 0.3) is 0 Å². The Kier molecular flexibility index (Phi) is 5.33. The lowest BCUT2D eigenvalue weighted by atomic mass is 10.0. The van der Waals surface area contributed by atoms with Crippen LogP contribution in [0.4, 0.5) is 0 Å². The van der Waals surface area contributed by atoms with E-state index in [1.165, 1.54) is 5.56 Å². The maximum atomic E-state index is 6.05. The lowest BCUT2D eigenvalue weighted by Gasteiger charge is -2.14. The Morgan fingerprint density at radius 3 is 2.76 bits per heavy atom. The SMILES string of the molecule is CON=C(C1=NCCN1)c1ccccc1COc1ccc(C)cc1C. The maximum Gasteiger partial charge on any atom is 0.152 e. The molecule has 0 radical (unpaired) electrons. The fourth-order valence-corrected chi connectivity index (χ4v) is 2.86. The van der Waals surface area contributed by atoms with Crippen LogP contribution in [-0.2, 0) is 11.4 Å². The summed E-state index contributed by atoms with van der Waals surface area (Å²) in [6, 6.07) is 14.2. The largest absolute Gasteiger partial charge is 0.489 e. The Labute approximate surface area is 148 Å². The van der Waals surface area contributed by atoms with Gasteiger partial charge in [-0.1, -0.05) is 47.1 Å². The molecule has 1 N–H and O–H groups in total. The Morgan fingerprint density at radius 2 is 2.04 bits per heavy atom. The number of aryl methyl sites for hydroxylation is 2. The van der Waals surface area contributed by atoms with Crippen LogP contribution in [0.3, 0.4) is 0 Å². The topological polar surface area (TPSA) is 55.2 Å². The number of amidine groups is 1. The first-order chi connectivity index (χ1) is 12.2. The number of nitrogens with zero attached hydrogens (tertiary/aromatic N) is 2. The van der Waals surface area contributed by atoms with E-state index in [-0.39, 0.29) is 0 Å². The highest BCUT2D eigenvalue weighted by Gasteiger charge is 2.19. The smallest absolute Gasteiger partial charge is 0.152 e. The van der Waals surface area contributed by atoms with Crippen LogP contribution < -0.4 is 10.1 Å². The third-order valence-electron chi connectivity index (χ3n) is 4.07. The molecule has 0 amide bonds. The number of hydrogen-bond donors (Lipinski definition) is 1. The molecule has 2 aromatic carbocycles. The van der Waals surface area contributed by atoms with E-state index in [1.54, 1.807) is 7.11 Å². The minimum atomic E-state index is 0.454. The van der Waals surface area contributed by atoms with E-state index in [9.17, 15) is 0 Å². The third kappa shape index (κ3) is 3.99. The van der Waals surface area contributed by atoms with Gasteiger partial charge >= 0.3 is 0 Å². The number of rotatable bonds is 6. The minimum Gasteiger partial charge on any atom is -0.489 e. The van der Waals surface area contributed by atoms with Gasteiger partial charge in [0, 0.05) is 12.1 Å². The average Bonchev–Trinajstić information content (AvgIpc) is 3.14. The van der Waals surface area contributed by atoms with Crippen molar-refractivity contribution in [2.75, 3.05) is 20.2 Å². The molecule has 0 fully saturated rings. The molecule has 1 aliphatic heterocycles. The van der Waals surface area contributed by atoms with Gasteiger partial charge in [-0.15, -0.1) is 0 Å². The van der Waals surface area contributed by atoms with Crippen molar-refractivity contribution < 1.29 is 9.57 Å². The van der Waals surface area contributed by atoms with Crippen molar-refractivity contribution in [3.63, 3.8) is 0 Å². The van der Waals surface area contributed by atoms with Crippen LogP contribution in [0.1, 0.15) is 22.3 Å². The van der Waals surface area contributed by atoms with Gasteiger partial charge in [-0.25, -0.2) is 0 Å². The second-order valence-corrected chi connectivity index (χ2v) is 5.99. The second-order valence-electron chi connectivity index (χ2n) is 5.99. The summed E-state index contributed by atoms with van der Waals surface area (Å²) in [6.07, 6.45) is 0. The van der Waals surface area contributed by atoms with Crippen molar-refractivity contribution in [1.82, 2.24) is 5.32 Å². The summed E-state index contributed by atoms with van der Waals surface area (Å²) < 4.78 is 6.05. The van der Waals surface area contributed by atoms with Crippen molar-refractivity contribution in [2.45, 2.75) is 20.5 Å². The number of aliphatic imine (C=N–C) groups is 1. The molecule has 3 rings (SSSR count). The van der Waals surface area contributed by atoms with E-state index in [4.69, 9.17) is 9.57 Å². The fraction of sp³-hybridized carbons (Fsp3) is 0.300. The number of benzene rings is 2. The summed E-state index contributed by atoms with van der Waals surface area (Å²) in [5.41, 5.74) is 5.06. The number of nitrogens with one attached hydrogen (secondary N) is 1. The molecule has 1 aliphatic rings. The second kappa shape index (κ2) is 7.83. The molecule has 0 bridgehead atoms. The van der Waals surface area contributed by atoms with Crippen molar-refractivity contribution in [2.24, 2.45) is 10.1 Å². The van der Waals surface area contributed by atoms with Crippen molar-refractivity contribution in [3.8, 4) is 5.75 Å². The molecule has 0 atom stereocenters. The lowest BCUT2D eigenvalue weighted by molar-refractivity contribution is 0.214. The normalized spacial score (nSPS) is 14.0. The summed E-state index contributed by atoms with van der Waals surface area (Å²) in [5, 5.41) is 7.44. The van der Waals surface area contributed by atoms with Crippen LogP contribution in [0.15, 0.2) is 52.6 Å². The summed E-state index contributed by atoms with van der Waals surface area (Å²) in [7, 11) is 1.55. The zero-order chi connectivity index (χ0) is 17.6. The van der Waals surface area contributed by atoms with Crippen LogP contribution in [0.5, 0.6) is 5.75 Å². The predicted molar refractivity (Wildman–Crippen MR) is 101 cm³/mol. The Hall–Kier alpha value is -2.82. The van der Waals surface area contributed by atoms with Crippen LogP contribution in [-0.4, -0.2) is 31.7 Å². The van der Waals surface area contributed by atoms with Crippen molar-refractivity contribution >= 4 is 11.5 Å². The van der Waals surface area contributed by atoms with Crippen molar-refractivity contribution in [3.05, 3.63) is 64.7 Å². The Bertz CT molecular complexity index is 812. The quantitative estimate of drug-likeness (QED) is 0.650.